The Balaban J connectivity index is 1.92. The maximum Gasteiger partial charge on any atom is 0.264 e. The predicted octanol–water partition coefficient (Wildman–Crippen LogP) is 3.98. The van der Waals surface area contributed by atoms with Gasteiger partial charge in [0.25, 0.3) is 5.91 Å². The van der Waals surface area contributed by atoms with E-state index in [1.54, 1.807) is 12.1 Å². The molecule has 0 spiro atoms. The van der Waals surface area contributed by atoms with Crippen molar-refractivity contribution in [3.05, 3.63) is 70.4 Å². The molecule has 5 nitrogen and oxygen atoms in total. The molecule has 1 amide bonds. The quantitative estimate of drug-likeness (QED) is 0.675. The van der Waals surface area contributed by atoms with Gasteiger partial charge in [-0.1, -0.05) is 55.3 Å². The number of fused-ring (bicyclic) bond motifs is 1. The van der Waals surface area contributed by atoms with E-state index in [1.165, 1.54) is 0 Å². The zero-order valence-corrected chi connectivity index (χ0v) is 16.8. The Morgan fingerprint density at radius 2 is 1.78 bits per heavy atom. The van der Waals surface area contributed by atoms with Crippen LogP contribution in [0.25, 0.3) is 10.9 Å². The van der Waals surface area contributed by atoms with Gasteiger partial charge in [0.05, 0.1) is 16.8 Å². The molecule has 1 heterocycles. The molecule has 0 unspecified atom stereocenters. The lowest BCUT2D eigenvalue weighted by Crippen LogP contribution is -2.29. The summed E-state index contributed by atoms with van der Waals surface area (Å²) in [6.07, 6.45) is 2.82. The van der Waals surface area contributed by atoms with Crippen molar-refractivity contribution in [3.8, 4) is 0 Å². The van der Waals surface area contributed by atoms with Gasteiger partial charge in [-0.05, 0) is 30.2 Å². The summed E-state index contributed by atoms with van der Waals surface area (Å²) in [6.45, 7) is 2.74. The number of amides is 1. The number of benzene rings is 2. The molecule has 0 saturated carbocycles. The van der Waals surface area contributed by atoms with E-state index in [4.69, 9.17) is 11.6 Å². The number of nitrogens with zero attached hydrogens (tertiary/aromatic N) is 1. The van der Waals surface area contributed by atoms with Crippen molar-refractivity contribution in [2.75, 3.05) is 6.26 Å². The number of para-hydroxylation sites is 1. The van der Waals surface area contributed by atoms with E-state index in [1.807, 2.05) is 41.1 Å². The smallest absolute Gasteiger partial charge is 0.264 e. The molecule has 0 aliphatic carbocycles. The molecular formula is C20H21ClN2O3S. The Kier molecular flexibility index (Phi) is 5.58. The summed E-state index contributed by atoms with van der Waals surface area (Å²) in [5, 5.41) is 1.82. The van der Waals surface area contributed by atoms with Crippen LogP contribution in [-0.2, 0) is 23.0 Å². The van der Waals surface area contributed by atoms with Crippen molar-refractivity contribution in [3.63, 3.8) is 0 Å². The minimum absolute atomic E-state index is 0.299. The highest BCUT2D eigenvalue weighted by molar-refractivity contribution is 7.89. The highest BCUT2D eigenvalue weighted by Crippen LogP contribution is 2.32. The largest absolute Gasteiger partial charge is 0.339 e. The number of hydrogen-bond acceptors (Lipinski definition) is 3. The summed E-state index contributed by atoms with van der Waals surface area (Å²) in [5.74, 6) is -0.634. The first kappa shape index (κ1) is 19.5. The van der Waals surface area contributed by atoms with E-state index in [0.717, 1.165) is 46.3 Å². The third kappa shape index (κ3) is 4.34. The SMILES string of the molecule is CCCc1c(Cl)c2ccccc2n1Cc1ccc(C(=O)NS(C)(=O)=O)cc1. The lowest BCUT2D eigenvalue weighted by atomic mass is 10.1. The summed E-state index contributed by atoms with van der Waals surface area (Å²) < 4.78 is 26.6. The number of carbonyl (C=O) groups is 1. The molecule has 3 aromatic rings. The number of rotatable bonds is 6. The normalized spacial score (nSPS) is 11.7. The summed E-state index contributed by atoms with van der Waals surface area (Å²) in [4.78, 5) is 11.9. The molecule has 0 aliphatic heterocycles. The maximum absolute atomic E-state index is 11.9. The molecule has 27 heavy (non-hydrogen) atoms. The first-order chi connectivity index (χ1) is 12.8. The molecule has 142 valence electrons. The van der Waals surface area contributed by atoms with Gasteiger partial charge in [-0.25, -0.2) is 13.1 Å². The van der Waals surface area contributed by atoms with Crippen molar-refractivity contribution in [1.82, 2.24) is 9.29 Å². The van der Waals surface area contributed by atoms with Crippen LogP contribution in [0.5, 0.6) is 0 Å². The van der Waals surface area contributed by atoms with Crippen LogP contribution in [0.4, 0.5) is 0 Å². The van der Waals surface area contributed by atoms with Gasteiger partial charge in [0.2, 0.25) is 10.0 Å². The molecule has 2 aromatic carbocycles. The van der Waals surface area contributed by atoms with Crippen LogP contribution >= 0.6 is 11.6 Å². The van der Waals surface area contributed by atoms with Crippen molar-refractivity contribution >= 4 is 38.4 Å². The highest BCUT2D eigenvalue weighted by atomic mass is 35.5. The Labute approximate surface area is 164 Å². The lowest BCUT2D eigenvalue weighted by Gasteiger charge is -2.11. The molecule has 1 N–H and O–H groups in total. The van der Waals surface area contributed by atoms with E-state index in [0.29, 0.717) is 12.1 Å². The number of halogens is 1. The molecule has 0 atom stereocenters. The summed E-state index contributed by atoms with van der Waals surface area (Å²) in [7, 11) is -3.58. The molecule has 0 fully saturated rings. The van der Waals surface area contributed by atoms with Gasteiger partial charge in [-0.2, -0.15) is 0 Å². The average molecular weight is 405 g/mol. The predicted molar refractivity (Wildman–Crippen MR) is 109 cm³/mol. The molecule has 0 radical (unpaired) electrons. The molecule has 0 aliphatic rings. The third-order valence-corrected chi connectivity index (χ3v) is 5.31. The summed E-state index contributed by atoms with van der Waals surface area (Å²) in [6, 6.07) is 14.9. The Morgan fingerprint density at radius 3 is 2.41 bits per heavy atom. The molecule has 3 rings (SSSR count). The standard InChI is InChI=1S/C20H21ClN2O3S/c1-3-6-18-19(21)16-7-4-5-8-17(16)23(18)13-14-9-11-15(12-10-14)20(24)22-27(2,25)26/h4-5,7-12H,3,6,13H2,1-2H3,(H,22,24). The second-order valence-corrected chi connectivity index (χ2v) is 8.64. The van der Waals surface area contributed by atoms with E-state index >= 15 is 0 Å². The number of hydrogen-bond donors (Lipinski definition) is 1. The number of nitrogens with one attached hydrogen (secondary N) is 1. The van der Waals surface area contributed by atoms with Gasteiger partial charge in [0.15, 0.2) is 0 Å². The Morgan fingerprint density at radius 1 is 1.11 bits per heavy atom. The minimum atomic E-state index is -3.58. The average Bonchev–Trinajstić information content (AvgIpc) is 2.87. The number of carbonyl (C=O) groups excluding carboxylic acids is 1. The van der Waals surface area contributed by atoms with E-state index < -0.39 is 15.9 Å². The second-order valence-electron chi connectivity index (χ2n) is 6.51. The van der Waals surface area contributed by atoms with Crippen LogP contribution in [0.15, 0.2) is 48.5 Å². The van der Waals surface area contributed by atoms with Gasteiger partial charge >= 0.3 is 0 Å². The minimum Gasteiger partial charge on any atom is -0.339 e. The van der Waals surface area contributed by atoms with Gasteiger partial charge in [-0.3, -0.25) is 4.79 Å². The highest BCUT2D eigenvalue weighted by Gasteiger charge is 2.15. The van der Waals surface area contributed by atoms with Crippen molar-refractivity contribution in [2.45, 2.75) is 26.3 Å². The zero-order chi connectivity index (χ0) is 19.6. The number of sulfonamides is 1. The van der Waals surface area contributed by atoms with Crippen molar-refractivity contribution < 1.29 is 13.2 Å². The Hall–Kier alpha value is -2.31. The fourth-order valence-corrected chi connectivity index (χ4v) is 3.96. The topological polar surface area (TPSA) is 68.2 Å². The van der Waals surface area contributed by atoms with Gasteiger partial charge < -0.3 is 4.57 Å². The monoisotopic (exact) mass is 404 g/mol. The zero-order valence-electron chi connectivity index (χ0n) is 15.2. The summed E-state index contributed by atoms with van der Waals surface area (Å²) in [5.41, 5.74) is 3.47. The Bertz CT molecular complexity index is 1090. The molecule has 7 heteroatoms. The van der Waals surface area contributed by atoms with Crippen molar-refractivity contribution in [2.24, 2.45) is 0 Å². The fraction of sp³-hybridized carbons (Fsp3) is 0.250. The third-order valence-electron chi connectivity index (χ3n) is 4.33. The van der Waals surface area contributed by atoms with Crippen LogP contribution in [-0.4, -0.2) is 25.1 Å². The van der Waals surface area contributed by atoms with Gasteiger partial charge in [0, 0.05) is 23.2 Å². The molecule has 0 saturated heterocycles. The molecule has 0 bridgehead atoms. The van der Waals surface area contributed by atoms with Gasteiger partial charge in [-0.15, -0.1) is 0 Å². The van der Waals surface area contributed by atoms with E-state index in [2.05, 4.69) is 11.5 Å². The van der Waals surface area contributed by atoms with Gasteiger partial charge in [0.1, 0.15) is 0 Å². The maximum atomic E-state index is 11.9. The fourth-order valence-electron chi connectivity index (χ4n) is 3.15. The summed E-state index contributed by atoms with van der Waals surface area (Å²) >= 11 is 6.60. The van der Waals surface area contributed by atoms with Crippen LogP contribution in [0.2, 0.25) is 5.02 Å². The number of aromatic nitrogens is 1. The first-order valence-electron chi connectivity index (χ1n) is 8.67. The van der Waals surface area contributed by atoms with E-state index in [9.17, 15) is 13.2 Å². The second kappa shape index (κ2) is 7.74. The molecular weight excluding hydrogens is 384 g/mol. The van der Waals surface area contributed by atoms with Crippen LogP contribution in [0, 0.1) is 0 Å². The molecule has 1 aromatic heterocycles. The van der Waals surface area contributed by atoms with Crippen LogP contribution in [0.1, 0.15) is 35.0 Å². The van der Waals surface area contributed by atoms with Crippen molar-refractivity contribution in [1.29, 1.82) is 0 Å². The van der Waals surface area contributed by atoms with Crippen LogP contribution in [0.3, 0.4) is 0 Å². The van der Waals surface area contributed by atoms with E-state index in [-0.39, 0.29) is 0 Å². The first-order valence-corrected chi connectivity index (χ1v) is 10.9. The van der Waals surface area contributed by atoms with Crippen LogP contribution < -0.4 is 4.72 Å². The lowest BCUT2D eigenvalue weighted by molar-refractivity contribution is 0.0981.